The lowest BCUT2D eigenvalue weighted by molar-refractivity contribution is 0.548. The van der Waals surface area contributed by atoms with Crippen molar-refractivity contribution < 1.29 is 8.78 Å². The maximum atomic E-state index is 13.6. The number of hydrogen-bond donors (Lipinski definition) is 1. The van der Waals surface area contributed by atoms with E-state index in [1.165, 1.54) is 0 Å². The summed E-state index contributed by atoms with van der Waals surface area (Å²) in [5, 5.41) is 7.37. The number of halogens is 2. The van der Waals surface area contributed by atoms with E-state index in [4.69, 9.17) is 0 Å². The number of rotatable bonds is 3. The molecule has 2 rings (SSSR count). The number of anilines is 1. The minimum atomic E-state index is -0.465. The number of nitrogens with zero attached hydrogens (tertiary/aromatic N) is 2. The van der Waals surface area contributed by atoms with Crippen molar-refractivity contribution in [3.05, 3.63) is 47.3 Å². The SMILES string of the molecule is Cn1cc(CNc2cc(F)ccc2F)c(C(C)(C)C)n1. The van der Waals surface area contributed by atoms with E-state index in [1.54, 1.807) is 4.68 Å². The number of aryl methyl sites for hydroxylation is 1. The van der Waals surface area contributed by atoms with Crippen molar-refractivity contribution in [1.82, 2.24) is 9.78 Å². The third kappa shape index (κ3) is 3.15. The van der Waals surface area contributed by atoms with Crippen LogP contribution in [0.4, 0.5) is 14.5 Å². The molecule has 108 valence electrons. The number of benzene rings is 1. The molecule has 0 aliphatic rings. The average molecular weight is 279 g/mol. The lowest BCUT2D eigenvalue weighted by Gasteiger charge is -2.18. The second-order valence-corrected chi connectivity index (χ2v) is 5.90. The number of nitrogens with one attached hydrogen (secondary N) is 1. The second kappa shape index (κ2) is 5.23. The van der Waals surface area contributed by atoms with E-state index in [-0.39, 0.29) is 11.1 Å². The maximum absolute atomic E-state index is 13.6. The summed E-state index contributed by atoms with van der Waals surface area (Å²) in [7, 11) is 1.85. The zero-order chi connectivity index (χ0) is 14.9. The Kier molecular flexibility index (Phi) is 3.79. The normalized spacial score (nSPS) is 11.7. The van der Waals surface area contributed by atoms with Gasteiger partial charge < -0.3 is 5.32 Å². The zero-order valence-electron chi connectivity index (χ0n) is 12.2. The van der Waals surface area contributed by atoms with Crippen LogP contribution in [0.25, 0.3) is 0 Å². The van der Waals surface area contributed by atoms with Crippen LogP contribution in [0.2, 0.25) is 0 Å². The van der Waals surface area contributed by atoms with Gasteiger partial charge in [-0.25, -0.2) is 8.78 Å². The first-order chi connectivity index (χ1) is 9.27. The molecule has 0 radical (unpaired) electrons. The van der Waals surface area contributed by atoms with Crippen molar-refractivity contribution in [3.63, 3.8) is 0 Å². The van der Waals surface area contributed by atoms with Gasteiger partial charge in [0, 0.05) is 30.8 Å². The minimum Gasteiger partial charge on any atom is -0.378 e. The molecule has 3 nitrogen and oxygen atoms in total. The van der Waals surface area contributed by atoms with Gasteiger partial charge in [0.15, 0.2) is 0 Å². The maximum Gasteiger partial charge on any atom is 0.146 e. The quantitative estimate of drug-likeness (QED) is 0.930. The Morgan fingerprint density at radius 2 is 1.95 bits per heavy atom. The summed E-state index contributed by atoms with van der Waals surface area (Å²) in [5.74, 6) is -0.927. The minimum absolute atomic E-state index is 0.0985. The second-order valence-electron chi connectivity index (χ2n) is 5.90. The molecule has 2 aromatic rings. The summed E-state index contributed by atoms with van der Waals surface area (Å²) >= 11 is 0. The largest absolute Gasteiger partial charge is 0.378 e. The Morgan fingerprint density at radius 3 is 2.60 bits per heavy atom. The summed E-state index contributed by atoms with van der Waals surface area (Å²) in [6.07, 6.45) is 1.89. The van der Waals surface area contributed by atoms with E-state index in [1.807, 2.05) is 13.2 Å². The fourth-order valence-electron chi connectivity index (χ4n) is 2.12. The summed E-state index contributed by atoms with van der Waals surface area (Å²) in [5.41, 5.74) is 1.99. The van der Waals surface area contributed by atoms with Crippen LogP contribution in [-0.4, -0.2) is 9.78 Å². The molecule has 5 heteroatoms. The van der Waals surface area contributed by atoms with Crippen LogP contribution in [0.3, 0.4) is 0 Å². The summed E-state index contributed by atoms with van der Waals surface area (Å²) in [6.45, 7) is 6.62. The first-order valence-electron chi connectivity index (χ1n) is 6.49. The fourth-order valence-corrected chi connectivity index (χ4v) is 2.12. The average Bonchev–Trinajstić information content (AvgIpc) is 2.72. The van der Waals surface area contributed by atoms with Crippen LogP contribution >= 0.6 is 0 Å². The standard InChI is InChI=1S/C15H19F2N3/c1-15(2,3)14-10(9-20(4)19-14)8-18-13-7-11(16)5-6-12(13)17/h5-7,9,18H,8H2,1-4H3. The molecule has 0 aliphatic carbocycles. The first-order valence-corrected chi connectivity index (χ1v) is 6.49. The van der Waals surface area contributed by atoms with Gasteiger partial charge in [-0.15, -0.1) is 0 Å². The van der Waals surface area contributed by atoms with Crippen LogP contribution in [0, 0.1) is 11.6 Å². The van der Waals surface area contributed by atoms with Crippen LogP contribution in [0.15, 0.2) is 24.4 Å². The predicted octanol–water partition coefficient (Wildman–Crippen LogP) is 3.61. The Labute approximate surface area is 117 Å². The molecule has 20 heavy (non-hydrogen) atoms. The van der Waals surface area contributed by atoms with E-state index in [0.29, 0.717) is 6.54 Å². The molecule has 1 heterocycles. The van der Waals surface area contributed by atoms with Crippen LogP contribution < -0.4 is 5.32 Å². The molecule has 0 fully saturated rings. The topological polar surface area (TPSA) is 29.9 Å². The molecule has 1 aromatic carbocycles. The van der Waals surface area contributed by atoms with E-state index in [0.717, 1.165) is 29.5 Å². The van der Waals surface area contributed by atoms with Crippen molar-refractivity contribution in [2.24, 2.45) is 7.05 Å². The highest BCUT2D eigenvalue weighted by molar-refractivity contribution is 5.45. The Morgan fingerprint density at radius 1 is 1.25 bits per heavy atom. The van der Waals surface area contributed by atoms with Crippen molar-refractivity contribution >= 4 is 5.69 Å². The molecule has 0 spiro atoms. The molecule has 0 unspecified atom stereocenters. The van der Waals surface area contributed by atoms with Gasteiger partial charge in [0.1, 0.15) is 11.6 Å². The summed E-state index contributed by atoms with van der Waals surface area (Å²) < 4.78 is 28.4. The Hall–Kier alpha value is -1.91. The van der Waals surface area contributed by atoms with E-state index < -0.39 is 11.6 Å². The van der Waals surface area contributed by atoms with Gasteiger partial charge in [-0.2, -0.15) is 5.10 Å². The predicted molar refractivity (Wildman–Crippen MR) is 75.6 cm³/mol. The van der Waals surface area contributed by atoms with Gasteiger partial charge in [0.05, 0.1) is 11.4 Å². The van der Waals surface area contributed by atoms with Crippen molar-refractivity contribution in [3.8, 4) is 0 Å². The molecule has 1 aromatic heterocycles. The number of hydrogen-bond acceptors (Lipinski definition) is 2. The molecular formula is C15H19F2N3. The third-order valence-corrected chi connectivity index (χ3v) is 3.01. The number of aromatic nitrogens is 2. The highest BCUT2D eigenvalue weighted by Crippen LogP contribution is 2.25. The molecule has 0 saturated heterocycles. The third-order valence-electron chi connectivity index (χ3n) is 3.01. The molecule has 0 saturated carbocycles. The Balaban J connectivity index is 2.21. The smallest absolute Gasteiger partial charge is 0.146 e. The molecule has 0 bridgehead atoms. The molecule has 0 atom stereocenters. The summed E-state index contributed by atoms with van der Waals surface area (Å²) in [6, 6.07) is 3.37. The van der Waals surface area contributed by atoms with Crippen molar-refractivity contribution in [1.29, 1.82) is 0 Å². The van der Waals surface area contributed by atoms with Gasteiger partial charge in [0.2, 0.25) is 0 Å². The van der Waals surface area contributed by atoms with Gasteiger partial charge >= 0.3 is 0 Å². The highest BCUT2D eigenvalue weighted by Gasteiger charge is 2.21. The highest BCUT2D eigenvalue weighted by atomic mass is 19.1. The lowest BCUT2D eigenvalue weighted by Crippen LogP contribution is -2.16. The monoisotopic (exact) mass is 279 g/mol. The summed E-state index contributed by atoms with van der Waals surface area (Å²) in [4.78, 5) is 0. The van der Waals surface area contributed by atoms with Crippen LogP contribution in [0.5, 0.6) is 0 Å². The van der Waals surface area contributed by atoms with Gasteiger partial charge in [-0.1, -0.05) is 20.8 Å². The van der Waals surface area contributed by atoms with Crippen molar-refractivity contribution in [2.45, 2.75) is 32.7 Å². The van der Waals surface area contributed by atoms with Gasteiger partial charge in [0.25, 0.3) is 0 Å². The zero-order valence-corrected chi connectivity index (χ0v) is 12.2. The van der Waals surface area contributed by atoms with E-state index in [2.05, 4.69) is 31.2 Å². The van der Waals surface area contributed by atoms with E-state index >= 15 is 0 Å². The van der Waals surface area contributed by atoms with E-state index in [9.17, 15) is 8.78 Å². The van der Waals surface area contributed by atoms with Crippen LogP contribution in [-0.2, 0) is 19.0 Å². The van der Waals surface area contributed by atoms with Gasteiger partial charge in [-0.05, 0) is 18.2 Å². The Bertz CT molecular complexity index is 612. The molecule has 0 amide bonds. The molecular weight excluding hydrogens is 260 g/mol. The van der Waals surface area contributed by atoms with Crippen molar-refractivity contribution in [2.75, 3.05) is 5.32 Å². The molecule has 0 aliphatic heterocycles. The fraction of sp³-hybridized carbons (Fsp3) is 0.400. The lowest BCUT2D eigenvalue weighted by atomic mass is 9.89. The van der Waals surface area contributed by atoms with Gasteiger partial charge in [-0.3, -0.25) is 4.68 Å². The first kappa shape index (κ1) is 14.5. The molecule has 1 N–H and O–H groups in total. The van der Waals surface area contributed by atoms with Crippen LogP contribution in [0.1, 0.15) is 32.0 Å².